The van der Waals surface area contributed by atoms with Gasteiger partial charge in [0.1, 0.15) is 5.75 Å². The van der Waals surface area contributed by atoms with Crippen molar-refractivity contribution in [2.45, 2.75) is 31.9 Å². The van der Waals surface area contributed by atoms with Gasteiger partial charge in [-0.3, -0.25) is 4.90 Å². The molecule has 1 aromatic rings. The summed E-state index contributed by atoms with van der Waals surface area (Å²) in [4.78, 5) is 4.68. The third-order valence-electron chi connectivity index (χ3n) is 5.27. The van der Waals surface area contributed by atoms with E-state index in [0.29, 0.717) is 0 Å². The summed E-state index contributed by atoms with van der Waals surface area (Å²) in [5.74, 6) is 0.874. The van der Waals surface area contributed by atoms with Gasteiger partial charge in [0.15, 0.2) is 5.11 Å². The molecule has 3 rings (SSSR count). The minimum Gasteiger partial charge on any atom is -0.497 e. The Morgan fingerprint density at radius 2 is 2.18 bits per heavy atom. The van der Waals surface area contributed by atoms with Gasteiger partial charge in [-0.1, -0.05) is 12.1 Å². The second-order valence-electron chi connectivity index (χ2n) is 7.41. The number of benzene rings is 1. The molecule has 1 unspecified atom stereocenters. The summed E-state index contributed by atoms with van der Waals surface area (Å²) < 4.78 is 16.6. The van der Waals surface area contributed by atoms with E-state index in [1.807, 2.05) is 12.1 Å². The number of rotatable bonds is 9. The van der Waals surface area contributed by atoms with Crippen LogP contribution in [0.15, 0.2) is 24.3 Å². The maximum atomic E-state index is 5.85. The van der Waals surface area contributed by atoms with Crippen LogP contribution in [0.2, 0.25) is 0 Å². The van der Waals surface area contributed by atoms with Crippen molar-refractivity contribution in [1.29, 1.82) is 0 Å². The number of thiocarbonyl (C=S) groups is 1. The largest absolute Gasteiger partial charge is 0.497 e. The highest BCUT2D eigenvalue weighted by atomic mass is 32.1. The quantitative estimate of drug-likeness (QED) is 0.498. The molecule has 156 valence electrons. The molecule has 6 nitrogen and oxygen atoms in total. The van der Waals surface area contributed by atoms with E-state index < -0.39 is 0 Å². The van der Waals surface area contributed by atoms with Crippen LogP contribution in [0.5, 0.6) is 5.75 Å². The average molecular weight is 408 g/mol. The molecule has 0 saturated carbocycles. The highest BCUT2D eigenvalue weighted by molar-refractivity contribution is 7.80. The molecule has 0 aliphatic carbocycles. The van der Waals surface area contributed by atoms with Crippen molar-refractivity contribution in [2.75, 3.05) is 59.7 Å². The van der Waals surface area contributed by atoms with Crippen molar-refractivity contribution in [3.8, 4) is 5.75 Å². The molecule has 0 bridgehead atoms. The molecule has 0 amide bonds. The van der Waals surface area contributed by atoms with Crippen LogP contribution >= 0.6 is 12.2 Å². The number of hydrogen-bond acceptors (Lipinski definition) is 5. The van der Waals surface area contributed by atoms with Crippen LogP contribution in [-0.4, -0.2) is 80.7 Å². The fraction of sp³-hybridized carbons (Fsp3) is 0.667. The first-order chi connectivity index (χ1) is 13.7. The van der Waals surface area contributed by atoms with Crippen LogP contribution in [0.1, 0.15) is 24.8 Å². The van der Waals surface area contributed by atoms with E-state index >= 15 is 0 Å². The fourth-order valence-electron chi connectivity index (χ4n) is 3.68. The highest BCUT2D eigenvalue weighted by Gasteiger charge is 2.21. The fourth-order valence-corrected chi connectivity index (χ4v) is 3.92. The predicted molar refractivity (Wildman–Crippen MR) is 115 cm³/mol. The van der Waals surface area contributed by atoms with Crippen molar-refractivity contribution in [2.24, 2.45) is 0 Å². The molecule has 0 spiro atoms. The van der Waals surface area contributed by atoms with Crippen LogP contribution in [-0.2, 0) is 16.0 Å². The Kier molecular flexibility index (Phi) is 8.79. The Morgan fingerprint density at radius 1 is 1.32 bits per heavy atom. The van der Waals surface area contributed by atoms with Gasteiger partial charge in [0.05, 0.1) is 26.4 Å². The smallest absolute Gasteiger partial charge is 0.169 e. The molecular weight excluding hydrogens is 374 g/mol. The highest BCUT2D eigenvalue weighted by Crippen LogP contribution is 2.18. The van der Waals surface area contributed by atoms with Gasteiger partial charge < -0.3 is 24.4 Å². The summed E-state index contributed by atoms with van der Waals surface area (Å²) >= 11 is 5.73. The van der Waals surface area contributed by atoms with E-state index in [9.17, 15) is 0 Å². The lowest BCUT2D eigenvalue weighted by molar-refractivity contribution is 0.0375. The summed E-state index contributed by atoms with van der Waals surface area (Å²) in [6, 6.07) is 8.18. The van der Waals surface area contributed by atoms with Gasteiger partial charge in [0, 0.05) is 39.3 Å². The standard InChI is InChI=1S/C21H33N3O3S/c1-25-19-6-2-5-18(15-19)16-24(17-20-7-3-12-27-20)21(28)22-8-4-9-23-10-13-26-14-11-23/h2,5-6,15,20H,3-4,7-14,16-17H2,1H3,(H,22,28). The summed E-state index contributed by atoms with van der Waals surface area (Å²) in [5, 5.41) is 4.26. The molecule has 1 aromatic carbocycles. The number of morpholine rings is 1. The number of nitrogens with one attached hydrogen (secondary N) is 1. The van der Waals surface area contributed by atoms with Crippen LogP contribution < -0.4 is 10.1 Å². The molecule has 1 N–H and O–H groups in total. The van der Waals surface area contributed by atoms with Gasteiger partial charge in [-0.25, -0.2) is 0 Å². The van der Waals surface area contributed by atoms with Crippen molar-refractivity contribution in [3.05, 3.63) is 29.8 Å². The number of methoxy groups -OCH3 is 1. The molecule has 2 aliphatic rings. The van der Waals surface area contributed by atoms with Gasteiger partial charge in [-0.2, -0.15) is 0 Å². The lowest BCUT2D eigenvalue weighted by atomic mass is 10.2. The van der Waals surface area contributed by atoms with Crippen molar-refractivity contribution in [3.63, 3.8) is 0 Å². The maximum Gasteiger partial charge on any atom is 0.169 e. The minimum absolute atomic E-state index is 0.263. The van der Waals surface area contributed by atoms with Gasteiger partial charge >= 0.3 is 0 Å². The van der Waals surface area contributed by atoms with E-state index in [4.69, 9.17) is 26.4 Å². The molecule has 2 saturated heterocycles. The molecule has 28 heavy (non-hydrogen) atoms. The maximum absolute atomic E-state index is 5.85. The van der Waals surface area contributed by atoms with Gasteiger partial charge in [0.2, 0.25) is 0 Å². The van der Waals surface area contributed by atoms with Gasteiger partial charge in [-0.15, -0.1) is 0 Å². The van der Waals surface area contributed by atoms with E-state index in [1.54, 1.807) is 7.11 Å². The molecule has 2 aliphatic heterocycles. The van der Waals surface area contributed by atoms with Gasteiger partial charge in [-0.05, 0) is 55.7 Å². The lowest BCUT2D eigenvalue weighted by Crippen LogP contribution is -2.44. The predicted octanol–water partition coefficient (Wildman–Crippen LogP) is 2.27. The summed E-state index contributed by atoms with van der Waals surface area (Å²) in [6.45, 7) is 8.17. The molecule has 2 fully saturated rings. The van der Waals surface area contributed by atoms with Crippen molar-refractivity contribution in [1.82, 2.24) is 15.1 Å². The van der Waals surface area contributed by atoms with E-state index in [-0.39, 0.29) is 6.10 Å². The monoisotopic (exact) mass is 407 g/mol. The third-order valence-corrected chi connectivity index (χ3v) is 5.68. The summed E-state index contributed by atoms with van der Waals surface area (Å²) in [7, 11) is 1.70. The third kappa shape index (κ3) is 6.88. The number of ether oxygens (including phenoxy) is 3. The van der Waals surface area contributed by atoms with E-state index in [2.05, 4.69) is 27.2 Å². The molecular formula is C21H33N3O3S. The van der Waals surface area contributed by atoms with Crippen molar-refractivity contribution < 1.29 is 14.2 Å². The van der Waals surface area contributed by atoms with Crippen LogP contribution in [0.3, 0.4) is 0 Å². The van der Waals surface area contributed by atoms with Gasteiger partial charge in [0.25, 0.3) is 0 Å². The van der Waals surface area contributed by atoms with E-state index in [1.165, 1.54) is 5.56 Å². The Hall–Kier alpha value is -1.41. The number of hydrogen-bond donors (Lipinski definition) is 1. The first-order valence-electron chi connectivity index (χ1n) is 10.3. The molecule has 1 atom stereocenters. The van der Waals surface area contributed by atoms with Crippen molar-refractivity contribution >= 4 is 17.3 Å². The zero-order valence-electron chi connectivity index (χ0n) is 16.9. The van der Waals surface area contributed by atoms with Crippen LogP contribution in [0, 0.1) is 0 Å². The van der Waals surface area contributed by atoms with E-state index in [0.717, 1.165) is 89.2 Å². The minimum atomic E-state index is 0.263. The summed E-state index contributed by atoms with van der Waals surface area (Å²) in [5.41, 5.74) is 1.19. The second-order valence-corrected chi connectivity index (χ2v) is 7.79. The zero-order valence-corrected chi connectivity index (χ0v) is 17.7. The normalized spacial score (nSPS) is 20.1. The molecule has 0 aromatic heterocycles. The molecule has 7 heteroatoms. The lowest BCUT2D eigenvalue weighted by Gasteiger charge is -2.29. The van der Waals surface area contributed by atoms with Crippen LogP contribution in [0.4, 0.5) is 0 Å². The Labute approximate surface area is 174 Å². The SMILES string of the molecule is COc1cccc(CN(CC2CCCO2)C(=S)NCCCN2CCOCC2)c1. The molecule has 0 radical (unpaired) electrons. The first kappa shape index (κ1) is 21.3. The summed E-state index contributed by atoms with van der Waals surface area (Å²) in [6.07, 6.45) is 3.58. The Balaban J connectivity index is 1.50. The van der Waals surface area contributed by atoms with Crippen LogP contribution in [0.25, 0.3) is 0 Å². The Bertz CT molecular complexity index is 604. The molecule has 2 heterocycles. The first-order valence-corrected chi connectivity index (χ1v) is 10.7. The number of nitrogens with zero attached hydrogens (tertiary/aromatic N) is 2. The second kappa shape index (κ2) is 11.6. The average Bonchev–Trinajstić information content (AvgIpc) is 3.25. The zero-order chi connectivity index (χ0) is 19.6. The topological polar surface area (TPSA) is 46.2 Å². The Morgan fingerprint density at radius 3 is 2.93 bits per heavy atom.